The standard InChI is InChI=1S/C31H54N2O6/c1-20(2)23(16-22-10-11-28(38-8)29(17-22)39-15-9-14-37-7)18-25(32)27(35)19-24(21(3)4)26(34)12-13-31(5,6)30(33)36/h10-11,17,20-21,23-25,27,35H,9,12-16,18-19,32H2,1-8H3,(H2,33,36)/t23-,24+,25-,27-/m0/s1. The lowest BCUT2D eigenvalue weighted by atomic mass is 9.78. The molecular formula is C31H54N2O6. The summed E-state index contributed by atoms with van der Waals surface area (Å²) in [6.45, 7) is 13.0. The Kier molecular flexibility index (Phi) is 15.0. The third-order valence-corrected chi connectivity index (χ3v) is 7.87. The van der Waals surface area contributed by atoms with Gasteiger partial charge in [0.15, 0.2) is 11.5 Å². The first kappa shape index (κ1) is 34.9. The molecule has 0 radical (unpaired) electrons. The fourth-order valence-electron chi connectivity index (χ4n) is 4.70. The zero-order valence-corrected chi connectivity index (χ0v) is 25.5. The number of aliphatic hydroxyl groups is 1. The minimum Gasteiger partial charge on any atom is -0.493 e. The molecule has 0 fully saturated rings. The second-order valence-electron chi connectivity index (χ2n) is 12.2. The molecular weight excluding hydrogens is 496 g/mol. The number of ether oxygens (including phenoxy) is 3. The van der Waals surface area contributed by atoms with E-state index in [-0.39, 0.29) is 30.0 Å². The summed E-state index contributed by atoms with van der Waals surface area (Å²) >= 11 is 0. The first-order valence-corrected chi connectivity index (χ1v) is 14.3. The summed E-state index contributed by atoms with van der Waals surface area (Å²) in [7, 11) is 3.30. The van der Waals surface area contributed by atoms with E-state index in [1.807, 2.05) is 32.0 Å². The van der Waals surface area contributed by atoms with Crippen LogP contribution in [-0.4, -0.2) is 56.4 Å². The lowest BCUT2D eigenvalue weighted by Crippen LogP contribution is -2.41. The van der Waals surface area contributed by atoms with Gasteiger partial charge < -0.3 is 30.8 Å². The smallest absolute Gasteiger partial charge is 0.223 e. The second kappa shape index (κ2) is 16.8. The fraction of sp³-hybridized carbons (Fsp3) is 0.742. The first-order valence-electron chi connectivity index (χ1n) is 14.3. The number of ketones is 1. The zero-order chi connectivity index (χ0) is 29.8. The van der Waals surface area contributed by atoms with E-state index < -0.39 is 23.5 Å². The highest BCUT2D eigenvalue weighted by atomic mass is 16.5. The lowest BCUT2D eigenvalue weighted by Gasteiger charge is -2.30. The van der Waals surface area contributed by atoms with E-state index >= 15 is 0 Å². The van der Waals surface area contributed by atoms with Crippen molar-refractivity contribution >= 4 is 11.7 Å². The first-order chi connectivity index (χ1) is 18.2. The SMILES string of the molecule is COCCCOc1cc(C[C@@H](C[C@H](N)[C@@H](O)C[C@@H](C(=O)CCC(C)(C)C(N)=O)C(C)C)C(C)C)ccc1OC. The highest BCUT2D eigenvalue weighted by Crippen LogP contribution is 2.32. The van der Waals surface area contributed by atoms with Gasteiger partial charge in [-0.1, -0.05) is 47.6 Å². The number of benzene rings is 1. The average molecular weight is 551 g/mol. The molecule has 0 aliphatic rings. The predicted molar refractivity (Wildman–Crippen MR) is 156 cm³/mol. The Morgan fingerprint density at radius 2 is 1.67 bits per heavy atom. The Bertz CT molecular complexity index is 886. The van der Waals surface area contributed by atoms with Crippen molar-refractivity contribution in [2.75, 3.05) is 27.4 Å². The number of carbonyl (C=O) groups excluding carboxylic acids is 2. The van der Waals surface area contributed by atoms with Gasteiger partial charge in [0.25, 0.3) is 0 Å². The molecule has 0 saturated heterocycles. The molecule has 1 rings (SSSR count). The molecule has 1 aromatic carbocycles. The van der Waals surface area contributed by atoms with E-state index in [2.05, 4.69) is 13.8 Å². The molecule has 0 unspecified atom stereocenters. The predicted octanol–water partition coefficient (Wildman–Crippen LogP) is 4.53. The van der Waals surface area contributed by atoms with Crippen LogP contribution in [0.2, 0.25) is 0 Å². The van der Waals surface area contributed by atoms with Crippen molar-refractivity contribution in [3.8, 4) is 11.5 Å². The van der Waals surface area contributed by atoms with Gasteiger partial charge >= 0.3 is 0 Å². The van der Waals surface area contributed by atoms with Crippen LogP contribution in [0.4, 0.5) is 0 Å². The number of primary amides is 1. The van der Waals surface area contributed by atoms with Crippen LogP contribution in [0.1, 0.15) is 79.2 Å². The van der Waals surface area contributed by atoms with E-state index in [1.165, 1.54) is 0 Å². The maximum absolute atomic E-state index is 13.0. The number of aliphatic hydroxyl groups excluding tert-OH is 1. The highest BCUT2D eigenvalue weighted by Gasteiger charge is 2.32. The van der Waals surface area contributed by atoms with E-state index in [9.17, 15) is 14.7 Å². The van der Waals surface area contributed by atoms with Crippen LogP contribution in [0.3, 0.4) is 0 Å². The molecule has 224 valence electrons. The topological polar surface area (TPSA) is 134 Å². The number of hydrogen-bond donors (Lipinski definition) is 3. The van der Waals surface area contributed by atoms with Crippen LogP contribution in [0, 0.1) is 29.1 Å². The molecule has 0 bridgehead atoms. The largest absolute Gasteiger partial charge is 0.493 e. The summed E-state index contributed by atoms with van der Waals surface area (Å²) in [5.41, 5.74) is 12.4. The summed E-state index contributed by atoms with van der Waals surface area (Å²) in [5, 5.41) is 11.1. The third kappa shape index (κ3) is 11.9. The maximum atomic E-state index is 13.0. The van der Waals surface area contributed by atoms with Crippen molar-refractivity contribution < 1.29 is 28.9 Å². The highest BCUT2D eigenvalue weighted by molar-refractivity contribution is 5.84. The van der Waals surface area contributed by atoms with Crippen LogP contribution in [-0.2, 0) is 20.7 Å². The van der Waals surface area contributed by atoms with Crippen LogP contribution in [0.25, 0.3) is 0 Å². The number of hydrogen-bond acceptors (Lipinski definition) is 7. The molecule has 8 nitrogen and oxygen atoms in total. The Hall–Kier alpha value is -2.16. The minimum atomic E-state index is -0.803. The molecule has 4 atom stereocenters. The van der Waals surface area contributed by atoms with Crippen LogP contribution < -0.4 is 20.9 Å². The fourth-order valence-corrected chi connectivity index (χ4v) is 4.70. The Labute approximate surface area is 236 Å². The Morgan fingerprint density at radius 3 is 2.21 bits per heavy atom. The summed E-state index contributed by atoms with van der Waals surface area (Å²) in [5.74, 6) is 1.32. The van der Waals surface area contributed by atoms with Gasteiger partial charge in [0, 0.05) is 43.9 Å². The van der Waals surface area contributed by atoms with Gasteiger partial charge in [0.1, 0.15) is 5.78 Å². The monoisotopic (exact) mass is 550 g/mol. The number of Topliss-reactive ketones (excluding diaryl/α,β-unsaturated/α-hetero) is 1. The van der Waals surface area contributed by atoms with Gasteiger partial charge in [-0.15, -0.1) is 0 Å². The number of carbonyl (C=O) groups is 2. The van der Waals surface area contributed by atoms with Gasteiger partial charge in [-0.2, -0.15) is 0 Å². The molecule has 0 heterocycles. The van der Waals surface area contributed by atoms with E-state index in [0.29, 0.717) is 49.9 Å². The molecule has 5 N–H and O–H groups in total. The molecule has 1 aromatic rings. The molecule has 0 aromatic heterocycles. The van der Waals surface area contributed by atoms with E-state index in [4.69, 9.17) is 25.7 Å². The molecule has 0 saturated carbocycles. The lowest BCUT2D eigenvalue weighted by molar-refractivity contribution is -0.128. The van der Waals surface area contributed by atoms with Crippen molar-refractivity contribution in [3.05, 3.63) is 23.8 Å². The zero-order valence-electron chi connectivity index (χ0n) is 25.5. The second-order valence-corrected chi connectivity index (χ2v) is 12.2. The quantitative estimate of drug-likeness (QED) is 0.203. The van der Waals surface area contributed by atoms with E-state index in [1.54, 1.807) is 28.1 Å². The van der Waals surface area contributed by atoms with E-state index in [0.717, 1.165) is 18.4 Å². The van der Waals surface area contributed by atoms with Gasteiger partial charge in [-0.3, -0.25) is 9.59 Å². The van der Waals surface area contributed by atoms with Gasteiger partial charge in [-0.25, -0.2) is 0 Å². The van der Waals surface area contributed by atoms with Crippen LogP contribution in [0.5, 0.6) is 11.5 Å². The van der Waals surface area contributed by atoms with Crippen LogP contribution >= 0.6 is 0 Å². The number of nitrogens with two attached hydrogens (primary N) is 2. The molecule has 39 heavy (non-hydrogen) atoms. The summed E-state index contributed by atoms with van der Waals surface area (Å²) < 4.78 is 16.5. The summed E-state index contributed by atoms with van der Waals surface area (Å²) in [6.07, 6.45) is 2.34. The summed E-state index contributed by atoms with van der Waals surface area (Å²) in [6, 6.07) is 5.52. The van der Waals surface area contributed by atoms with Crippen molar-refractivity contribution in [2.45, 2.75) is 92.2 Å². The molecule has 1 amide bonds. The number of methoxy groups -OCH3 is 2. The minimum absolute atomic E-state index is 0.0437. The molecule has 0 spiro atoms. The molecule has 0 aliphatic heterocycles. The Morgan fingerprint density at radius 1 is 1.00 bits per heavy atom. The van der Waals surface area contributed by atoms with Gasteiger partial charge in [0.05, 0.1) is 19.8 Å². The van der Waals surface area contributed by atoms with Gasteiger partial charge in [-0.05, 0) is 61.1 Å². The molecule has 8 heteroatoms. The van der Waals surface area contributed by atoms with Crippen molar-refractivity contribution in [2.24, 2.45) is 40.6 Å². The maximum Gasteiger partial charge on any atom is 0.223 e. The number of rotatable bonds is 20. The Balaban J connectivity index is 2.87. The third-order valence-electron chi connectivity index (χ3n) is 7.87. The van der Waals surface area contributed by atoms with Crippen LogP contribution in [0.15, 0.2) is 18.2 Å². The van der Waals surface area contributed by atoms with Crippen molar-refractivity contribution in [1.29, 1.82) is 0 Å². The van der Waals surface area contributed by atoms with Gasteiger partial charge in [0.2, 0.25) is 5.91 Å². The van der Waals surface area contributed by atoms with Crippen molar-refractivity contribution in [1.82, 2.24) is 0 Å². The van der Waals surface area contributed by atoms with Crippen molar-refractivity contribution in [3.63, 3.8) is 0 Å². The molecule has 0 aliphatic carbocycles. The normalized spacial score (nSPS) is 15.2. The summed E-state index contributed by atoms with van der Waals surface area (Å²) in [4.78, 5) is 24.7. The average Bonchev–Trinajstić information content (AvgIpc) is 2.87. The number of amides is 1.